The van der Waals surface area contributed by atoms with Crippen LogP contribution in [0.25, 0.3) is 0 Å². The first kappa shape index (κ1) is 21.2. The molecule has 6 nitrogen and oxygen atoms in total. The summed E-state index contributed by atoms with van der Waals surface area (Å²) in [5.41, 5.74) is 2.57. The Morgan fingerprint density at radius 1 is 0.690 bits per heavy atom. The zero-order valence-electron chi connectivity index (χ0n) is 15.7. The summed E-state index contributed by atoms with van der Waals surface area (Å²) in [4.78, 5) is 0.0713. The van der Waals surface area contributed by atoms with Crippen LogP contribution in [0.2, 0.25) is 5.02 Å². The number of anilines is 2. The van der Waals surface area contributed by atoms with E-state index in [1.54, 1.807) is 6.07 Å². The Labute approximate surface area is 175 Å². The first-order chi connectivity index (χ1) is 13.6. The highest BCUT2D eigenvalue weighted by Gasteiger charge is 2.17. The molecule has 9 heteroatoms. The molecule has 0 saturated carbocycles. The van der Waals surface area contributed by atoms with Gasteiger partial charge in [-0.15, -0.1) is 0 Å². The van der Waals surface area contributed by atoms with E-state index in [-0.39, 0.29) is 15.5 Å². The predicted molar refractivity (Wildman–Crippen MR) is 115 cm³/mol. The molecule has 29 heavy (non-hydrogen) atoms. The van der Waals surface area contributed by atoms with Gasteiger partial charge in [0.25, 0.3) is 20.0 Å². The number of sulfonamides is 2. The minimum Gasteiger partial charge on any atom is -0.280 e. The van der Waals surface area contributed by atoms with Gasteiger partial charge in [-0.1, -0.05) is 29.3 Å². The van der Waals surface area contributed by atoms with E-state index in [9.17, 15) is 16.8 Å². The van der Waals surface area contributed by atoms with Crippen molar-refractivity contribution in [1.29, 1.82) is 0 Å². The molecule has 0 bridgehead atoms. The molecule has 3 rings (SSSR count). The fraction of sp³-hybridized carbons (Fsp3) is 0.100. The Bertz CT molecular complexity index is 1240. The summed E-state index contributed by atoms with van der Waals surface area (Å²) in [5, 5.41) is 0.426. The Kier molecular flexibility index (Phi) is 5.88. The van der Waals surface area contributed by atoms with Gasteiger partial charge >= 0.3 is 0 Å². The van der Waals surface area contributed by atoms with Crippen LogP contribution < -0.4 is 9.44 Å². The maximum absolute atomic E-state index is 12.6. The predicted octanol–water partition coefficient (Wildman–Crippen LogP) is 4.56. The van der Waals surface area contributed by atoms with E-state index in [4.69, 9.17) is 11.6 Å². The molecule has 0 radical (unpaired) electrons. The molecule has 0 heterocycles. The molecule has 0 unspecified atom stereocenters. The molecule has 0 atom stereocenters. The van der Waals surface area contributed by atoms with Crippen LogP contribution in [-0.4, -0.2) is 16.8 Å². The third-order valence-electron chi connectivity index (χ3n) is 4.17. The molecule has 152 valence electrons. The highest BCUT2D eigenvalue weighted by Crippen LogP contribution is 2.23. The monoisotopic (exact) mass is 450 g/mol. The fourth-order valence-electron chi connectivity index (χ4n) is 2.66. The minimum atomic E-state index is -3.81. The largest absolute Gasteiger partial charge is 0.280 e. The number of rotatable bonds is 6. The van der Waals surface area contributed by atoms with Gasteiger partial charge in [-0.25, -0.2) is 16.8 Å². The van der Waals surface area contributed by atoms with Crippen molar-refractivity contribution in [2.24, 2.45) is 0 Å². The zero-order chi connectivity index (χ0) is 21.2. The lowest BCUT2D eigenvalue weighted by Crippen LogP contribution is -2.15. The van der Waals surface area contributed by atoms with E-state index in [0.29, 0.717) is 10.7 Å². The summed E-state index contributed by atoms with van der Waals surface area (Å²) in [6.45, 7) is 3.74. The van der Waals surface area contributed by atoms with Crippen LogP contribution in [0.15, 0.2) is 76.5 Å². The average Bonchev–Trinajstić information content (AvgIpc) is 2.64. The first-order valence-corrected chi connectivity index (χ1v) is 11.9. The van der Waals surface area contributed by atoms with Crippen molar-refractivity contribution in [2.45, 2.75) is 23.6 Å². The number of hydrogen-bond donors (Lipinski definition) is 2. The second-order valence-corrected chi connectivity index (χ2v) is 10.3. The molecule has 0 aliphatic rings. The van der Waals surface area contributed by atoms with E-state index in [1.165, 1.54) is 48.5 Å². The average molecular weight is 451 g/mol. The van der Waals surface area contributed by atoms with E-state index in [1.807, 2.05) is 26.0 Å². The third-order valence-corrected chi connectivity index (χ3v) is 7.20. The summed E-state index contributed by atoms with van der Waals surface area (Å²) in [6, 6.07) is 16.6. The second kappa shape index (κ2) is 8.06. The smallest absolute Gasteiger partial charge is 0.261 e. The van der Waals surface area contributed by atoms with Gasteiger partial charge in [0, 0.05) is 10.7 Å². The lowest BCUT2D eigenvalue weighted by molar-refractivity contribution is 0.600. The van der Waals surface area contributed by atoms with Gasteiger partial charge in [0.1, 0.15) is 0 Å². The summed E-state index contributed by atoms with van der Waals surface area (Å²) in [5.74, 6) is 0. The molecule has 0 spiro atoms. The Morgan fingerprint density at radius 2 is 1.21 bits per heavy atom. The Balaban J connectivity index is 1.79. The fourth-order valence-corrected chi connectivity index (χ4v) is 4.98. The van der Waals surface area contributed by atoms with Crippen LogP contribution in [0.1, 0.15) is 11.1 Å². The Morgan fingerprint density at radius 3 is 1.76 bits per heavy atom. The molecular formula is C20H19ClN2O4S2. The SMILES string of the molecule is Cc1ccc(NS(=O)(=O)c2ccc(NS(=O)(=O)c3ccc(Cl)cc3)cc2)c(C)c1. The lowest BCUT2D eigenvalue weighted by Gasteiger charge is -2.12. The molecule has 0 aromatic heterocycles. The van der Waals surface area contributed by atoms with Gasteiger partial charge in [0.05, 0.1) is 15.5 Å². The van der Waals surface area contributed by atoms with E-state index in [0.717, 1.165) is 11.1 Å². The van der Waals surface area contributed by atoms with Crippen molar-refractivity contribution in [3.8, 4) is 0 Å². The number of nitrogens with one attached hydrogen (secondary N) is 2. The van der Waals surface area contributed by atoms with Crippen LogP contribution in [0.4, 0.5) is 11.4 Å². The zero-order valence-corrected chi connectivity index (χ0v) is 18.1. The van der Waals surface area contributed by atoms with Crippen LogP contribution >= 0.6 is 11.6 Å². The molecule has 0 amide bonds. The van der Waals surface area contributed by atoms with Crippen molar-refractivity contribution in [1.82, 2.24) is 0 Å². The van der Waals surface area contributed by atoms with Gasteiger partial charge < -0.3 is 0 Å². The lowest BCUT2D eigenvalue weighted by atomic mass is 10.1. The van der Waals surface area contributed by atoms with Crippen molar-refractivity contribution in [3.05, 3.63) is 82.9 Å². The van der Waals surface area contributed by atoms with Gasteiger partial charge in [-0.3, -0.25) is 9.44 Å². The Hall–Kier alpha value is -2.55. The van der Waals surface area contributed by atoms with Crippen molar-refractivity contribution in [2.75, 3.05) is 9.44 Å². The number of hydrogen-bond acceptors (Lipinski definition) is 4. The van der Waals surface area contributed by atoms with Crippen LogP contribution in [-0.2, 0) is 20.0 Å². The van der Waals surface area contributed by atoms with Gasteiger partial charge in [-0.05, 0) is 74.0 Å². The maximum atomic E-state index is 12.6. The topological polar surface area (TPSA) is 92.3 Å². The number of benzene rings is 3. The molecule has 3 aromatic carbocycles. The van der Waals surface area contributed by atoms with Crippen molar-refractivity contribution >= 4 is 43.0 Å². The normalized spacial score (nSPS) is 11.8. The highest BCUT2D eigenvalue weighted by molar-refractivity contribution is 7.93. The van der Waals surface area contributed by atoms with Crippen LogP contribution in [0.3, 0.4) is 0 Å². The summed E-state index contributed by atoms with van der Waals surface area (Å²) in [7, 11) is -7.62. The number of aryl methyl sites for hydroxylation is 2. The molecular weight excluding hydrogens is 432 g/mol. The van der Waals surface area contributed by atoms with Gasteiger partial charge in [0.15, 0.2) is 0 Å². The standard InChI is InChI=1S/C20H19ClN2O4S2/c1-14-3-12-20(15(2)13-14)23-29(26,27)19-10-6-17(7-11-19)22-28(24,25)18-8-4-16(21)5-9-18/h3-13,22-23H,1-2H3. The van der Waals surface area contributed by atoms with Gasteiger partial charge in [-0.2, -0.15) is 0 Å². The third kappa shape index (κ3) is 5.09. The molecule has 0 aliphatic heterocycles. The summed E-state index contributed by atoms with van der Waals surface area (Å²) in [6.07, 6.45) is 0. The summed E-state index contributed by atoms with van der Waals surface area (Å²) >= 11 is 5.78. The van der Waals surface area contributed by atoms with Gasteiger partial charge in [0.2, 0.25) is 0 Å². The first-order valence-electron chi connectivity index (χ1n) is 8.55. The summed E-state index contributed by atoms with van der Waals surface area (Å²) < 4.78 is 55.0. The minimum absolute atomic E-state index is 0.0203. The molecule has 0 saturated heterocycles. The van der Waals surface area contributed by atoms with E-state index >= 15 is 0 Å². The van der Waals surface area contributed by atoms with Crippen molar-refractivity contribution < 1.29 is 16.8 Å². The van der Waals surface area contributed by atoms with E-state index in [2.05, 4.69) is 9.44 Å². The van der Waals surface area contributed by atoms with Crippen LogP contribution in [0, 0.1) is 13.8 Å². The molecule has 2 N–H and O–H groups in total. The second-order valence-electron chi connectivity index (χ2n) is 6.51. The number of halogens is 1. The van der Waals surface area contributed by atoms with Crippen molar-refractivity contribution in [3.63, 3.8) is 0 Å². The highest BCUT2D eigenvalue weighted by atomic mass is 35.5. The van der Waals surface area contributed by atoms with Crippen LogP contribution in [0.5, 0.6) is 0 Å². The molecule has 0 fully saturated rings. The molecule has 3 aromatic rings. The van der Waals surface area contributed by atoms with E-state index < -0.39 is 20.0 Å². The maximum Gasteiger partial charge on any atom is 0.261 e. The quantitative estimate of drug-likeness (QED) is 0.575. The molecule has 0 aliphatic carbocycles.